The van der Waals surface area contributed by atoms with Crippen molar-refractivity contribution in [2.75, 3.05) is 0 Å². The Balaban J connectivity index is 2.16. The van der Waals surface area contributed by atoms with Crippen molar-refractivity contribution < 1.29 is 0 Å². The van der Waals surface area contributed by atoms with E-state index in [2.05, 4.69) is 45.1 Å². The lowest BCUT2D eigenvalue weighted by atomic mass is 9.85. The maximum absolute atomic E-state index is 2.36. The Kier molecular flexibility index (Phi) is 1.17. The van der Waals surface area contributed by atoms with Crippen molar-refractivity contribution >= 4 is 0 Å². The molecule has 1 atom stereocenters. The quantitative estimate of drug-likeness (QED) is 0.495. The third-order valence-electron chi connectivity index (χ3n) is 3.02. The highest BCUT2D eigenvalue weighted by Crippen LogP contribution is 2.63. The molecule has 2 aliphatic carbocycles. The van der Waals surface area contributed by atoms with Crippen molar-refractivity contribution in [2.24, 2.45) is 16.7 Å². The second kappa shape index (κ2) is 1.80. The molecule has 0 amide bonds. The monoisotopic (exact) mass is 148 g/mol. The Morgan fingerprint density at radius 2 is 1.73 bits per heavy atom. The fraction of sp³-hybridized carbons (Fsp3) is 0.636. The third kappa shape index (κ3) is 0.962. The zero-order valence-corrected chi connectivity index (χ0v) is 7.59. The zero-order valence-electron chi connectivity index (χ0n) is 7.59. The minimum Gasteiger partial charge on any atom is -0.0742 e. The van der Waals surface area contributed by atoms with Gasteiger partial charge in [0.15, 0.2) is 0 Å². The van der Waals surface area contributed by atoms with Gasteiger partial charge in [0.1, 0.15) is 0 Å². The van der Waals surface area contributed by atoms with Gasteiger partial charge in [-0.15, -0.1) is 0 Å². The Morgan fingerprint density at radius 3 is 2.09 bits per heavy atom. The number of rotatable bonds is 0. The third-order valence-corrected chi connectivity index (χ3v) is 3.02. The lowest BCUT2D eigenvalue weighted by Crippen LogP contribution is -2.12. The lowest BCUT2D eigenvalue weighted by molar-refractivity contribution is 0.323. The molecule has 1 fully saturated rings. The first-order chi connectivity index (χ1) is 5.05. The van der Waals surface area contributed by atoms with Crippen LogP contribution >= 0.6 is 0 Å². The molecule has 2 rings (SSSR count). The summed E-state index contributed by atoms with van der Waals surface area (Å²) < 4.78 is 0. The molecule has 0 saturated heterocycles. The maximum atomic E-state index is 2.36. The maximum Gasteiger partial charge on any atom is 0.0104 e. The predicted octanol–water partition coefficient (Wildman–Crippen LogP) is 3.16. The normalized spacial score (nSPS) is 31.7. The highest BCUT2D eigenvalue weighted by atomic mass is 14.6. The van der Waals surface area contributed by atoms with Crippen LogP contribution in [-0.2, 0) is 0 Å². The van der Waals surface area contributed by atoms with E-state index in [0.29, 0.717) is 10.8 Å². The standard InChI is InChI=1S/C11H16/c1-10(2,3)9-8-11(9)6-4-5-7-11/h4-7,9H,8H2,1-3H3. The van der Waals surface area contributed by atoms with Gasteiger partial charge in [-0.3, -0.25) is 0 Å². The summed E-state index contributed by atoms with van der Waals surface area (Å²) in [6, 6.07) is 0. The molecule has 0 aliphatic heterocycles. The van der Waals surface area contributed by atoms with Gasteiger partial charge >= 0.3 is 0 Å². The van der Waals surface area contributed by atoms with E-state index in [1.165, 1.54) is 6.42 Å². The van der Waals surface area contributed by atoms with Gasteiger partial charge in [0, 0.05) is 5.41 Å². The summed E-state index contributed by atoms with van der Waals surface area (Å²) in [6.45, 7) is 7.02. The first-order valence-electron chi connectivity index (χ1n) is 4.42. The van der Waals surface area contributed by atoms with E-state index >= 15 is 0 Å². The lowest BCUT2D eigenvalue weighted by Gasteiger charge is -2.20. The van der Waals surface area contributed by atoms with Crippen molar-refractivity contribution in [3.05, 3.63) is 24.3 Å². The number of hydrogen-bond acceptors (Lipinski definition) is 0. The second-order valence-corrected chi connectivity index (χ2v) is 4.95. The van der Waals surface area contributed by atoms with Gasteiger partial charge in [-0.2, -0.15) is 0 Å². The average Bonchev–Trinajstić information content (AvgIpc) is 2.31. The molecule has 0 radical (unpaired) electrons. The van der Waals surface area contributed by atoms with Crippen LogP contribution in [-0.4, -0.2) is 0 Å². The van der Waals surface area contributed by atoms with Crippen LogP contribution in [0.25, 0.3) is 0 Å². The summed E-state index contributed by atoms with van der Waals surface area (Å²) >= 11 is 0. The molecule has 2 aliphatic rings. The highest BCUT2D eigenvalue weighted by Gasteiger charge is 2.56. The van der Waals surface area contributed by atoms with Gasteiger partial charge < -0.3 is 0 Å². The van der Waals surface area contributed by atoms with E-state index in [1.807, 2.05) is 0 Å². The van der Waals surface area contributed by atoms with Crippen LogP contribution in [0.1, 0.15) is 27.2 Å². The van der Waals surface area contributed by atoms with Gasteiger partial charge in [0.25, 0.3) is 0 Å². The van der Waals surface area contributed by atoms with Crippen LogP contribution in [0.4, 0.5) is 0 Å². The summed E-state index contributed by atoms with van der Waals surface area (Å²) in [5.41, 5.74) is 0.970. The molecule has 0 nitrogen and oxygen atoms in total. The van der Waals surface area contributed by atoms with Crippen molar-refractivity contribution in [1.29, 1.82) is 0 Å². The first kappa shape index (κ1) is 7.15. The number of allylic oxidation sites excluding steroid dienone is 4. The molecule has 1 saturated carbocycles. The summed E-state index contributed by atoms with van der Waals surface area (Å²) in [4.78, 5) is 0. The predicted molar refractivity (Wildman–Crippen MR) is 48.3 cm³/mol. The molecular formula is C11H16. The van der Waals surface area contributed by atoms with E-state index in [1.54, 1.807) is 0 Å². The van der Waals surface area contributed by atoms with Crippen LogP contribution in [0.15, 0.2) is 24.3 Å². The smallest absolute Gasteiger partial charge is 0.0104 e. The van der Waals surface area contributed by atoms with E-state index < -0.39 is 0 Å². The van der Waals surface area contributed by atoms with Gasteiger partial charge in [-0.25, -0.2) is 0 Å². The Hall–Kier alpha value is -0.520. The van der Waals surface area contributed by atoms with Crippen LogP contribution in [0.3, 0.4) is 0 Å². The SMILES string of the molecule is CC(C)(C)C1CC12C=CC=C2. The van der Waals surface area contributed by atoms with E-state index in [4.69, 9.17) is 0 Å². The van der Waals surface area contributed by atoms with Crippen molar-refractivity contribution in [1.82, 2.24) is 0 Å². The van der Waals surface area contributed by atoms with Crippen LogP contribution in [0.2, 0.25) is 0 Å². The minimum atomic E-state index is 0.484. The van der Waals surface area contributed by atoms with E-state index in [9.17, 15) is 0 Å². The van der Waals surface area contributed by atoms with Crippen LogP contribution in [0, 0.1) is 16.7 Å². The second-order valence-electron chi connectivity index (χ2n) is 4.95. The molecule has 11 heavy (non-hydrogen) atoms. The highest BCUT2D eigenvalue weighted by molar-refractivity contribution is 5.34. The van der Waals surface area contributed by atoms with E-state index in [-0.39, 0.29) is 0 Å². The van der Waals surface area contributed by atoms with Crippen molar-refractivity contribution in [2.45, 2.75) is 27.2 Å². The van der Waals surface area contributed by atoms with Gasteiger partial charge in [0.05, 0.1) is 0 Å². The molecule has 0 heteroatoms. The number of hydrogen-bond donors (Lipinski definition) is 0. The van der Waals surface area contributed by atoms with Crippen LogP contribution < -0.4 is 0 Å². The van der Waals surface area contributed by atoms with E-state index in [0.717, 1.165) is 5.92 Å². The minimum absolute atomic E-state index is 0.484. The van der Waals surface area contributed by atoms with Crippen LogP contribution in [0.5, 0.6) is 0 Å². The van der Waals surface area contributed by atoms with Gasteiger partial charge in [0.2, 0.25) is 0 Å². The molecule has 1 unspecified atom stereocenters. The fourth-order valence-corrected chi connectivity index (χ4v) is 2.30. The summed E-state index contributed by atoms with van der Waals surface area (Å²) in [7, 11) is 0. The molecule has 60 valence electrons. The molecule has 0 bridgehead atoms. The Morgan fingerprint density at radius 1 is 1.18 bits per heavy atom. The molecule has 0 heterocycles. The molecular weight excluding hydrogens is 132 g/mol. The van der Waals surface area contributed by atoms with Crippen molar-refractivity contribution in [3.8, 4) is 0 Å². The average molecular weight is 148 g/mol. The van der Waals surface area contributed by atoms with Gasteiger partial charge in [-0.05, 0) is 17.8 Å². The molecule has 0 aromatic rings. The Bertz CT molecular complexity index is 213. The van der Waals surface area contributed by atoms with Gasteiger partial charge in [-0.1, -0.05) is 45.1 Å². The first-order valence-corrected chi connectivity index (χ1v) is 4.42. The molecule has 1 spiro atoms. The summed E-state index contributed by atoms with van der Waals surface area (Å²) in [5.74, 6) is 0.880. The topological polar surface area (TPSA) is 0 Å². The Labute approximate surface area is 69.0 Å². The molecule has 0 aromatic heterocycles. The largest absolute Gasteiger partial charge is 0.0742 e. The molecule has 0 aromatic carbocycles. The zero-order chi connectivity index (χ0) is 8.11. The fourth-order valence-electron chi connectivity index (χ4n) is 2.30. The molecule has 0 N–H and O–H groups in total. The van der Waals surface area contributed by atoms with Crippen molar-refractivity contribution in [3.63, 3.8) is 0 Å². The summed E-state index contributed by atoms with van der Waals surface area (Å²) in [6.07, 6.45) is 10.5. The summed E-state index contributed by atoms with van der Waals surface area (Å²) in [5, 5.41) is 0.